The van der Waals surface area contributed by atoms with Crippen molar-refractivity contribution in [3.05, 3.63) is 0 Å². The van der Waals surface area contributed by atoms with Crippen LogP contribution in [0.5, 0.6) is 0 Å². The Morgan fingerprint density at radius 3 is 2.27 bits per heavy atom. The Morgan fingerprint density at radius 2 is 1.73 bits per heavy atom. The van der Waals surface area contributed by atoms with E-state index in [0.29, 0.717) is 5.41 Å². The molecule has 0 bridgehead atoms. The largest absolute Gasteiger partial charge is 0.316 e. The van der Waals surface area contributed by atoms with Crippen LogP contribution in [0.15, 0.2) is 0 Å². The molecule has 1 unspecified atom stereocenters. The van der Waals surface area contributed by atoms with Crippen LogP contribution in [0.4, 0.5) is 0 Å². The summed E-state index contributed by atoms with van der Waals surface area (Å²) in [4.78, 5) is 0. The first kappa shape index (κ1) is 13.0. The Balaban J connectivity index is 2.10. The Kier molecular flexibility index (Phi) is 5.11. The van der Waals surface area contributed by atoms with E-state index in [-0.39, 0.29) is 0 Å². The van der Waals surface area contributed by atoms with Crippen LogP contribution in [0.25, 0.3) is 0 Å². The fourth-order valence-electron chi connectivity index (χ4n) is 2.20. The fourth-order valence-corrected chi connectivity index (χ4v) is 2.20. The highest BCUT2D eigenvalue weighted by atomic mass is 14.9. The molecule has 1 fully saturated rings. The lowest BCUT2D eigenvalue weighted by Crippen LogP contribution is -2.33. The van der Waals surface area contributed by atoms with Crippen LogP contribution in [0.2, 0.25) is 0 Å². The van der Waals surface area contributed by atoms with Gasteiger partial charge >= 0.3 is 0 Å². The van der Waals surface area contributed by atoms with Gasteiger partial charge in [0.2, 0.25) is 0 Å². The first-order chi connectivity index (χ1) is 7.00. The van der Waals surface area contributed by atoms with Gasteiger partial charge in [-0.05, 0) is 43.2 Å². The molecule has 0 amide bonds. The minimum Gasteiger partial charge on any atom is -0.316 e. The zero-order valence-corrected chi connectivity index (χ0v) is 11.1. The standard InChI is InChI=1S/C14H29N/c1-12(14(2,3)4)10-15-11-13-8-6-5-7-9-13/h12-13,15H,5-11H2,1-4H3. The second-order valence-corrected chi connectivity index (χ2v) is 6.43. The molecule has 1 saturated carbocycles. The molecule has 1 N–H and O–H groups in total. The average molecular weight is 211 g/mol. The normalized spacial score (nSPS) is 21.6. The lowest BCUT2D eigenvalue weighted by Gasteiger charge is -2.29. The molecule has 0 radical (unpaired) electrons. The lowest BCUT2D eigenvalue weighted by molar-refractivity contribution is 0.243. The van der Waals surface area contributed by atoms with Crippen molar-refractivity contribution in [2.75, 3.05) is 13.1 Å². The van der Waals surface area contributed by atoms with Crippen molar-refractivity contribution in [3.63, 3.8) is 0 Å². The summed E-state index contributed by atoms with van der Waals surface area (Å²) >= 11 is 0. The highest BCUT2D eigenvalue weighted by molar-refractivity contribution is 4.74. The number of rotatable bonds is 4. The van der Waals surface area contributed by atoms with Gasteiger partial charge in [-0.25, -0.2) is 0 Å². The van der Waals surface area contributed by atoms with Crippen molar-refractivity contribution in [2.45, 2.75) is 59.8 Å². The van der Waals surface area contributed by atoms with Gasteiger partial charge in [0.1, 0.15) is 0 Å². The first-order valence-corrected chi connectivity index (χ1v) is 6.71. The molecule has 0 aromatic rings. The smallest absolute Gasteiger partial charge is 0.00180 e. The third-order valence-corrected chi connectivity index (χ3v) is 4.09. The summed E-state index contributed by atoms with van der Waals surface area (Å²) in [5.41, 5.74) is 0.444. The van der Waals surface area contributed by atoms with Gasteiger partial charge in [0, 0.05) is 0 Å². The fraction of sp³-hybridized carbons (Fsp3) is 1.00. The third kappa shape index (κ3) is 5.01. The van der Waals surface area contributed by atoms with Crippen LogP contribution in [0.3, 0.4) is 0 Å². The van der Waals surface area contributed by atoms with E-state index in [2.05, 4.69) is 33.0 Å². The van der Waals surface area contributed by atoms with E-state index in [1.54, 1.807) is 0 Å². The number of hydrogen-bond donors (Lipinski definition) is 1. The van der Waals surface area contributed by atoms with Crippen molar-refractivity contribution >= 4 is 0 Å². The molecule has 0 aromatic carbocycles. The van der Waals surface area contributed by atoms with E-state index < -0.39 is 0 Å². The Labute approximate surface area is 96.0 Å². The van der Waals surface area contributed by atoms with Crippen LogP contribution in [-0.2, 0) is 0 Å². The maximum atomic E-state index is 3.66. The van der Waals surface area contributed by atoms with Gasteiger partial charge in [-0.3, -0.25) is 0 Å². The summed E-state index contributed by atoms with van der Waals surface area (Å²) in [5.74, 6) is 1.73. The minimum absolute atomic E-state index is 0.444. The Hall–Kier alpha value is -0.0400. The minimum atomic E-state index is 0.444. The third-order valence-electron chi connectivity index (χ3n) is 4.09. The lowest BCUT2D eigenvalue weighted by atomic mass is 9.82. The van der Waals surface area contributed by atoms with E-state index >= 15 is 0 Å². The molecule has 1 aliphatic carbocycles. The summed E-state index contributed by atoms with van der Waals surface area (Å²) in [6.45, 7) is 11.8. The van der Waals surface area contributed by atoms with Crippen LogP contribution >= 0.6 is 0 Å². The molecule has 90 valence electrons. The van der Waals surface area contributed by atoms with Crippen LogP contribution in [0, 0.1) is 17.3 Å². The second-order valence-electron chi connectivity index (χ2n) is 6.43. The molecular formula is C14H29N. The summed E-state index contributed by atoms with van der Waals surface area (Å²) in [6.07, 6.45) is 7.30. The topological polar surface area (TPSA) is 12.0 Å². The van der Waals surface area contributed by atoms with Crippen LogP contribution in [0.1, 0.15) is 59.8 Å². The first-order valence-electron chi connectivity index (χ1n) is 6.71. The van der Waals surface area contributed by atoms with E-state index in [9.17, 15) is 0 Å². The van der Waals surface area contributed by atoms with Crippen molar-refractivity contribution in [1.29, 1.82) is 0 Å². The second kappa shape index (κ2) is 5.89. The zero-order chi connectivity index (χ0) is 11.3. The SMILES string of the molecule is CC(CNCC1CCCCC1)C(C)(C)C. The van der Waals surface area contributed by atoms with Gasteiger partial charge in [0.05, 0.1) is 0 Å². The van der Waals surface area contributed by atoms with Crippen molar-refractivity contribution in [2.24, 2.45) is 17.3 Å². The number of nitrogens with one attached hydrogen (secondary N) is 1. The Bertz CT molecular complexity index is 163. The summed E-state index contributed by atoms with van der Waals surface area (Å²) < 4.78 is 0. The van der Waals surface area contributed by atoms with E-state index in [1.165, 1.54) is 45.2 Å². The maximum Gasteiger partial charge on any atom is -0.00180 e. The molecule has 0 heterocycles. The summed E-state index contributed by atoms with van der Waals surface area (Å²) in [5, 5.41) is 3.66. The van der Waals surface area contributed by atoms with E-state index in [4.69, 9.17) is 0 Å². The monoisotopic (exact) mass is 211 g/mol. The molecule has 1 atom stereocenters. The van der Waals surface area contributed by atoms with E-state index in [1.807, 2.05) is 0 Å². The van der Waals surface area contributed by atoms with Crippen molar-refractivity contribution in [3.8, 4) is 0 Å². The maximum absolute atomic E-state index is 3.66. The van der Waals surface area contributed by atoms with Gasteiger partial charge in [-0.1, -0.05) is 47.0 Å². The quantitative estimate of drug-likeness (QED) is 0.745. The molecule has 1 nitrogen and oxygen atoms in total. The predicted octanol–water partition coefficient (Wildman–Crippen LogP) is 3.84. The molecule has 15 heavy (non-hydrogen) atoms. The van der Waals surface area contributed by atoms with Gasteiger partial charge in [-0.15, -0.1) is 0 Å². The van der Waals surface area contributed by atoms with Crippen LogP contribution < -0.4 is 5.32 Å². The molecule has 1 rings (SSSR count). The van der Waals surface area contributed by atoms with E-state index in [0.717, 1.165) is 11.8 Å². The molecule has 0 spiro atoms. The molecule has 0 aromatic heterocycles. The average Bonchev–Trinajstić information content (AvgIpc) is 2.18. The van der Waals surface area contributed by atoms with Gasteiger partial charge in [-0.2, -0.15) is 0 Å². The molecule has 0 saturated heterocycles. The predicted molar refractivity (Wildman–Crippen MR) is 68.1 cm³/mol. The molecule has 0 aliphatic heterocycles. The van der Waals surface area contributed by atoms with Crippen molar-refractivity contribution < 1.29 is 0 Å². The molecule has 1 aliphatic rings. The van der Waals surface area contributed by atoms with Gasteiger partial charge in [0.15, 0.2) is 0 Å². The van der Waals surface area contributed by atoms with Gasteiger partial charge < -0.3 is 5.32 Å². The van der Waals surface area contributed by atoms with Gasteiger partial charge in [0.25, 0.3) is 0 Å². The highest BCUT2D eigenvalue weighted by Gasteiger charge is 2.20. The Morgan fingerprint density at radius 1 is 1.13 bits per heavy atom. The highest BCUT2D eigenvalue weighted by Crippen LogP contribution is 2.25. The number of hydrogen-bond acceptors (Lipinski definition) is 1. The summed E-state index contributed by atoms with van der Waals surface area (Å²) in [7, 11) is 0. The molecule has 1 heteroatoms. The van der Waals surface area contributed by atoms with Crippen LogP contribution in [-0.4, -0.2) is 13.1 Å². The van der Waals surface area contributed by atoms with Crippen molar-refractivity contribution in [1.82, 2.24) is 5.32 Å². The summed E-state index contributed by atoms with van der Waals surface area (Å²) in [6, 6.07) is 0. The molecular weight excluding hydrogens is 182 g/mol. The zero-order valence-electron chi connectivity index (χ0n) is 11.1.